The molecule has 1 unspecified atom stereocenters. The van der Waals surface area contributed by atoms with Gasteiger partial charge in [0.1, 0.15) is 0 Å². The van der Waals surface area contributed by atoms with Gasteiger partial charge in [-0.3, -0.25) is 4.90 Å². The van der Waals surface area contributed by atoms with E-state index >= 15 is 0 Å². The maximum Gasteiger partial charge on any atom is 0.0898 e. The van der Waals surface area contributed by atoms with Crippen LogP contribution >= 0.6 is 0 Å². The van der Waals surface area contributed by atoms with E-state index in [2.05, 4.69) is 29.1 Å². The van der Waals surface area contributed by atoms with Crippen LogP contribution < -0.4 is 5.73 Å². The lowest BCUT2D eigenvalue weighted by atomic mass is 10.2. The highest BCUT2D eigenvalue weighted by Crippen LogP contribution is 2.10. The van der Waals surface area contributed by atoms with Crippen molar-refractivity contribution >= 4 is 0 Å². The van der Waals surface area contributed by atoms with Crippen LogP contribution in [0.1, 0.15) is 26.0 Å². The number of nitrogens with two attached hydrogens (primary N) is 1. The lowest BCUT2D eigenvalue weighted by molar-refractivity contribution is -0.0471. The Kier molecular flexibility index (Phi) is 5.30. The number of hydrogen-bond donors (Lipinski definition) is 1. The zero-order valence-electron chi connectivity index (χ0n) is 12.0. The summed E-state index contributed by atoms with van der Waals surface area (Å²) in [4.78, 5) is 2.44. The maximum atomic E-state index is 5.80. The fourth-order valence-electron chi connectivity index (χ4n) is 2.36. The van der Waals surface area contributed by atoms with E-state index in [0.29, 0.717) is 12.6 Å². The van der Waals surface area contributed by atoms with Gasteiger partial charge in [-0.05, 0) is 33.2 Å². The highest BCUT2D eigenvalue weighted by molar-refractivity contribution is 4.92. The van der Waals surface area contributed by atoms with Crippen LogP contribution in [-0.4, -0.2) is 58.3 Å². The Morgan fingerprint density at radius 1 is 1.53 bits per heavy atom. The molecule has 108 valence electrons. The van der Waals surface area contributed by atoms with Gasteiger partial charge < -0.3 is 10.5 Å². The number of aromatic nitrogens is 3. The minimum atomic E-state index is 0.209. The van der Waals surface area contributed by atoms with E-state index in [9.17, 15) is 0 Å². The van der Waals surface area contributed by atoms with Gasteiger partial charge in [0.2, 0.25) is 0 Å². The Labute approximate surface area is 114 Å². The zero-order valence-corrected chi connectivity index (χ0v) is 12.0. The van der Waals surface area contributed by atoms with E-state index in [-0.39, 0.29) is 6.10 Å². The molecule has 0 aliphatic carbocycles. The van der Waals surface area contributed by atoms with E-state index in [1.807, 2.05) is 10.9 Å². The molecule has 1 aromatic rings. The quantitative estimate of drug-likeness (QED) is 0.801. The zero-order chi connectivity index (χ0) is 13.7. The first kappa shape index (κ1) is 14.4. The number of hydrogen-bond acceptors (Lipinski definition) is 5. The summed E-state index contributed by atoms with van der Waals surface area (Å²) in [5.41, 5.74) is 6.51. The van der Waals surface area contributed by atoms with Crippen molar-refractivity contribution in [3.8, 4) is 0 Å². The van der Waals surface area contributed by atoms with Crippen molar-refractivity contribution in [3.05, 3.63) is 11.9 Å². The van der Waals surface area contributed by atoms with Crippen molar-refractivity contribution in [2.24, 2.45) is 5.73 Å². The largest absolute Gasteiger partial charge is 0.374 e. The van der Waals surface area contributed by atoms with Gasteiger partial charge in [-0.25, -0.2) is 4.68 Å². The molecule has 0 amide bonds. The molecule has 1 fully saturated rings. The van der Waals surface area contributed by atoms with Crippen molar-refractivity contribution in [3.63, 3.8) is 0 Å². The van der Waals surface area contributed by atoms with E-state index in [1.54, 1.807) is 0 Å². The van der Waals surface area contributed by atoms with Gasteiger partial charge in [0, 0.05) is 25.3 Å². The summed E-state index contributed by atoms with van der Waals surface area (Å²) in [7, 11) is 0. The Bertz CT molecular complexity index is 379. The molecule has 0 spiro atoms. The average molecular weight is 267 g/mol. The van der Waals surface area contributed by atoms with Crippen molar-refractivity contribution < 1.29 is 4.74 Å². The number of nitrogens with zero attached hydrogens (tertiary/aromatic N) is 4. The number of aryl methyl sites for hydroxylation is 1. The summed E-state index contributed by atoms with van der Waals surface area (Å²) in [5, 5.41) is 8.32. The fraction of sp³-hybridized carbons (Fsp3) is 0.846. The van der Waals surface area contributed by atoms with Crippen LogP contribution in [0.15, 0.2) is 6.20 Å². The summed E-state index contributed by atoms with van der Waals surface area (Å²) in [6, 6.07) is 0.572. The highest BCUT2D eigenvalue weighted by atomic mass is 16.5. The van der Waals surface area contributed by atoms with Crippen molar-refractivity contribution in [2.45, 2.75) is 45.4 Å². The van der Waals surface area contributed by atoms with Gasteiger partial charge in [-0.1, -0.05) is 5.21 Å². The second-order valence-corrected chi connectivity index (χ2v) is 5.41. The van der Waals surface area contributed by atoms with Crippen LogP contribution in [0.2, 0.25) is 0 Å². The normalized spacial score (nSPS) is 21.2. The lowest BCUT2D eigenvalue weighted by Gasteiger charge is -2.35. The topological polar surface area (TPSA) is 69.2 Å². The smallest absolute Gasteiger partial charge is 0.0898 e. The van der Waals surface area contributed by atoms with Gasteiger partial charge in [-0.15, -0.1) is 5.10 Å². The number of rotatable bonds is 6. The molecule has 1 atom stereocenters. The molecule has 19 heavy (non-hydrogen) atoms. The Hall–Kier alpha value is -0.980. The van der Waals surface area contributed by atoms with Gasteiger partial charge in [-0.2, -0.15) is 0 Å². The third-order valence-electron chi connectivity index (χ3n) is 3.51. The van der Waals surface area contributed by atoms with Crippen LogP contribution in [-0.2, 0) is 17.7 Å². The number of ether oxygens (including phenoxy) is 1. The summed E-state index contributed by atoms with van der Waals surface area (Å²) >= 11 is 0. The van der Waals surface area contributed by atoms with E-state index < -0.39 is 0 Å². The van der Waals surface area contributed by atoms with Crippen LogP contribution in [0.25, 0.3) is 0 Å². The Morgan fingerprint density at radius 2 is 2.37 bits per heavy atom. The third kappa shape index (κ3) is 4.26. The van der Waals surface area contributed by atoms with E-state index in [0.717, 1.165) is 44.8 Å². The molecule has 0 bridgehead atoms. The van der Waals surface area contributed by atoms with Crippen LogP contribution in [0, 0.1) is 0 Å². The standard InChI is InChI=1S/C13H25N5O/c1-11(2)17-6-7-19-13(9-17)10-18-8-12(15-16-18)4-3-5-14/h8,11,13H,3-7,9-10,14H2,1-2H3. The van der Waals surface area contributed by atoms with Crippen LogP contribution in [0.5, 0.6) is 0 Å². The van der Waals surface area contributed by atoms with Crippen molar-refractivity contribution in [2.75, 3.05) is 26.2 Å². The van der Waals surface area contributed by atoms with Gasteiger partial charge in [0.25, 0.3) is 0 Å². The first-order valence-electron chi connectivity index (χ1n) is 7.13. The summed E-state index contributed by atoms with van der Waals surface area (Å²) in [6.07, 6.45) is 4.08. The molecule has 1 saturated heterocycles. The van der Waals surface area contributed by atoms with Crippen LogP contribution in [0.3, 0.4) is 0 Å². The molecule has 0 radical (unpaired) electrons. The van der Waals surface area contributed by atoms with Crippen molar-refractivity contribution in [1.82, 2.24) is 19.9 Å². The van der Waals surface area contributed by atoms with E-state index in [1.165, 1.54) is 0 Å². The minimum Gasteiger partial charge on any atom is -0.374 e. The molecule has 2 rings (SSSR count). The lowest BCUT2D eigenvalue weighted by Crippen LogP contribution is -2.47. The summed E-state index contributed by atoms with van der Waals surface area (Å²) in [5.74, 6) is 0. The monoisotopic (exact) mass is 267 g/mol. The first-order valence-corrected chi connectivity index (χ1v) is 7.13. The van der Waals surface area contributed by atoms with Crippen LogP contribution in [0.4, 0.5) is 0 Å². The molecular weight excluding hydrogens is 242 g/mol. The van der Waals surface area contributed by atoms with Crippen molar-refractivity contribution in [1.29, 1.82) is 0 Å². The fourth-order valence-corrected chi connectivity index (χ4v) is 2.36. The summed E-state index contributed by atoms with van der Waals surface area (Å²) in [6.45, 7) is 8.72. The summed E-state index contributed by atoms with van der Waals surface area (Å²) < 4.78 is 7.69. The van der Waals surface area contributed by atoms with E-state index in [4.69, 9.17) is 10.5 Å². The molecule has 6 nitrogen and oxygen atoms in total. The predicted octanol–water partition coefficient (Wildman–Crippen LogP) is 0.279. The van der Waals surface area contributed by atoms with Gasteiger partial charge >= 0.3 is 0 Å². The first-order chi connectivity index (χ1) is 9.19. The minimum absolute atomic E-state index is 0.209. The Morgan fingerprint density at radius 3 is 3.11 bits per heavy atom. The SMILES string of the molecule is CC(C)N1CCOC(Cn2cc(CCCN)nn2)C1. The predicted molar refractivity (Wildman–Crippen MR) is 73.8 cm³/mol. The third-order valence-corrected chi connectivity index (χ3v) is 3.51. The highest BCUT2D eigenvalue weighted by Gasteiger charge is 2.22. The van der Waals surface area contributed by atoms with Gasteiger partial charge in [0.05, 0.1) is 24.9 Å². The molecule has 0 aromatic carbocycles. The molecule has 2 heterocycles. The molecule has 6 heteroatoms. The second-order valence-electron chi connectivity index (χ2n) is 5.41. The molecule has 1 aliphatic heterocycles. The maximum absolute atomic E-state index is 5.80. The number of morpholine rings is 1. The Balaban J connectivity index is 1.84. The van der Waals surface area contributed by atoms with Gasteiger partial charge in [0.15, 0.2) is 0 Å². The molecule has 1 aromatic heterocycles. The molecule has 1 aliphatic rings. The average Bonchev–Trinajstić information content (AvgIpc) is 2.84. The molecule has 2 N–H and O–H groups in total. The second kappa shape index (κ2) is 6.98. The molecular formula is C13H25N5O. The molecule has 0 saturated carbocycles.